The molecule has 0 saturated carbocycles. The summed E-state index contributed by atoms with van der Waals surface area (Å²) >= 11 is 7.57. The Morgan fingerprint density at radius 1 is 1.32 bits per heavy atom. The molecule has 0 bridgehead atoms. The molecule has 3 aromatic rings. The van der Waals surface area contributed by atoms with Gasteiger partial charge in [-0.3, -0.25) is 4.68 Å². The Morgan fingerprint density at radius 2 is 2.12 bits per heavy atom. The quantitative estimate of drug-likeness (QED) is 0.566. The second-order valence-electron chi connectivity index (χ2n) is 5.73. The largest absolute Gasteiger partial charge is 0.255 e. The van der Waals surface area contributed by atoms with E-state index >= 15 is 0 Å². The third-order valence-electron chi connectivity index (χ3n) is 4.15. The van der Waals surface area contributed by atoms with Crippen molar-refractivity contribution in [2.24, 2.45) is 0 Å². The Kier molecular flexibility index (Phi) is 5.62. The first-order valence-electron chi connectivity index (χ1n) is 7.92. The first kappa shape index (κ1) is 17.8. The number of nitriles is 1. The lowest BCUT2D eigenvalue weighted by atomic mass is 9.89. The maximum atomic E-state index is 14.6. The minimum atomic E-state index is -0.362. The van der Waals surface area contributed by atoms with Crippen molar-refractivity contribution in [2.45, 2.75) is 24.6 Å². The van der Waals surface area contributed by atoms with Gasteiger partial charge in [-0.2, -0.15) is 10.4 Å². The second kappa shape index (κ2) is 7.90. The molecule has 0 spiro atoms. The zero-order valence-corrected chi connectivity index (χ0v) is 15.3. The highest BCUT2D eigenvalue weighted by molar-refractivity contribution is 7.97. The molecule has 0 radical (unpaired) electrons. The summed E-state index contributed by atoms with van der Waals surface area (Å²) in [5, 5.41) is 15.1. The van der Waals surface area contributed by atoms with Gasteiger partial charge in [0.25, 0.3) is 0 Å². The van der Waals surface area contributed by atoms with E-state index in [9.17, 15) is 4.39 Å². The number of para-hydroxylation sites is 1. The third kappa shape index (κ3) is 3.65. The van der Waals surface area contributed by atoms with E-state index in [-0.39, 0.29) is 11.7 Å². The van der Waals surface area contributed by atoms with Gasteiger partial charge in [0.05, 0.1) is 23.2 Å². The Hall–Kier alpha value is -2.03. The number of thioether (sulfide) groups is 1. The van der Waals surface area contributed by atoms with E-state index in [2.05, 4.69) is 6.07 Å². The zero-order valence-electron chi connectivity index (χ0n) is 13.7. The van der Waals surface area contributed by atoms with Gasteiger partial charge >= 0.3 is 0 Å². The molecule has 25 heavy (non-hydrogen) atoms. The minimum Gasteiger partial charge on any atom is -0.255 e. The summed E-state index contributed by atoms with van der Waals surface area (Å²) in [6, 6.07) is 14.8. The molecule has 0 amide bonds. The molecule has 0 aliphatic rings. The summed E-state index contributed by atoms with van der Waals surface area (Å²) < 4.78 is 16.5. The Bertz CT molecular complexity index is 932. The van der Waals surface area contributed by atoms with Crippen LogP contribution in [0.1, 0.15) is 30.0 Å². The van der Waals surface area contributed by atoms with Gasteiger partial charge in [-0.1, -0.05) is 35.9 Å². The molecule has 0 aliphatic heterocycles. The highest BCUT2D eigenvalue weighted by Crippen LogP contribution is 2.35. The fourth-order valence-corrected chi connectivity index (χ4v) is 3.66. The molecular weight excluding hydrogens is 357 g/mol. The zero-order chi connectivity index (χ0) is 17.8. The normalized spacial score (nSPS) is 12.2. The van der Waals surface area contributed by atoms with Crippen LogP contribution in [0.5, 0.6) is 0 Å². The van der Waals surface area contributed by atoms with Crippen molar-refractivity contribution in [2.75, 3.05) is 6.26 Å². The van der Waals surface area contributed by atoms with Crippen molar-refractivity contribution < 1.29 is 4.39 Å². The van der Waals surface area contributed by atoms with Crippen LogP contribution < -0.4 is 0 Å². The highest BCUT2D eigenvalue weighted by Gasteiger charge is 2.24. The Balaban J connectivity index is 2.17. The lowest BCUT2D eigenvalue weighted by Crippen LogP contribution is -2.06. The van der Waals surface area contributed by atoms with Gasteiger partial charge in [-0.15, -0.1) is 11.8 Å². The number of aromatic nitrogens is 2. The van der Waals surface area contributed by atoms with Gasteiger partial charge < -0.3 is 0 Å². The van der Waals surface area contributed by atoms with E-state index in [1.54, 1.807) is 23.9 Å². The minimum absolute atomic E-state index is 0.287. The second-order valence-corrected chi connectivity index (χ2v) is 7.01. The van der Waals surface area contributed by atoms with E-state index in [1.807, 2.05) is 35.2 Å². The van der Waals surface area contributed by atoms with Crippen LogP contribution in [-0.4, -0.2) is 16.0 Å². The molecule has 2 aromatic carbocycles. The van der Waals surface area contributed by atoms with E-state index in [1.165, 1.54) is 6.07 Å². The fraction of sp³-hybridized carbons (Fsp3) is 0.263. The molecule has 0 N–H and O–H groups in total. The number of nitrogens with zero attached hydrogens (tertiary/aromatic N) is 3. The molecular formula is C19H17ClFN3S. The molecule has 0 aliphatic carbocycles. The van der Waals surface area contributed by atoms with E-state index in [0.29, 0.717) is 29.3 Å². The lowest BCUT2D eigenvalue weighted by Gasteiger charge is -2.15. The van der Waals surface area contributed by atoms with Crippen LogP contribution in [-0.2, 0) is 5.88 Å². The maximum absolute atomic E-state index is 14.6. The Labute approximate surface area is 155 Å². The number of hydrogen-bond acceptors (Lipinski definition) is 3. The van der Waals surface area contributed by atoms with E-state index < -0.39 is 0 Å². The summed E-state index contributed by atoms with van der Waals surface area (Å²) in [6.07, 6.45) is 2.86. The van der Waals surface area contributed by atoms with Crippen molar-refractivity contribution in [1.82, 2.24) is 9.78 Å². The predicted octanol–water partition coefficient (Wildman–Crippen LogP) is 5.58. The van der Waals surface area contributed by atoms with Crippen LogP contribution in [0.25, 0.3) is 10.9 Å². The van der Waals surface area contributed by atoms with Crippen molar-refractivity contribution in [3.8, 4) is 6.07 Å². The van der Waals surface area contributed by atoms with Gasteiger partial charge in [0.1, 0.15) is 5.82 Å². The van der Waals surface area contributed by atoms with Crippen LogP contribution >= 0.6 is 23.4 Å². The summed E-state index contributed by atoms with van der Waals surface area (Å²) in [6.45, 7) is 0. The van der Waals surface area contributed by atoms with Crippen LogP contribution in [0, 0.1) is 17.1 Å². The smallest absolute Gasteiger partial charge is 0.128 e. The van der Waals surface area contributed by atoms with Crippen LogP contribution in [0.15, 0.2) is 42.5 Å². The molecule has 1 aromatic heterocycles. The molecule has 0 saturated heterocycles. The molecule has 0 fully saturated rings. The van der Waals surface area contributed by atoms with Gasteiger partial charge in [0.2, 0.25) is 0 Å². The third-order valence-corrected chi connectivity index (χ3v) is 4.89. The average molecular weight is 374 g/mol. The van der Waals surface area contributed by atoms with Crippen molar-refractivity contribution in [1.29, 1.82) is 5.26 Å². The van der Waals surface area contributed by atoms with Crippen LogP contribution in [0.4, 0.5) is 4.39 Å². The molecule has 1 heterocycles. The number of benzene rings is 2. The summed E-state index contributed by atoms with van der Waals surface area (Å²) in [4.78, 5) is 0. The molecule has 128 valence electrons. The topological polar surface area (TPSA) is 41.6 Å². The molecule has 3 rings (SSSR count). The fourth-order valence-electron chi connectivity index (χ4n) is 3.06. The van der Waals surface area contributed by atoms with E-state index in [0.717, 1.165) is 16.6 Å². The standard InChI is InChI=1S/C19H17ClFN3S/c1-25-12-24-18-7-3-2-5-16(18)19(23-24)15(6-4-10-22)14-9-8-13(20)11-17(14)21/h2-3,5,7-9,11,15H,4,6,12H2,1H3. The van der Waals surface area contributed by atoms with Crippen LogP contribution in [0.3, 0.4) is 0 Å². The predicted molar refractivity (Wildman–Crippen MR) is 101 cm³/mol. The number of halogens is 2. The van der Waals surface area contributed by atoms with Crippen LogP contribution in [0.2, 0.25) is 5.02 Å². The number of fused-ring (bicyclic) bond motifs is 1. The maximum Gasteiger partial charge on any atom is 0.128 e. The van der Waals surface area contributed by atoms with Gasteiger partial charge in [0, 0.05) is 22.7 Å². The average Bonchev–Trinajstić information content (AvgIpc) is 2.96. The van der Waals surface area contributed by atoms with E-state index in [4.69, 9.17) is 22.0 Å². The molecule has 1 unspecified atom stereocenters. The number of rotatable bonds is 6. The SMILES string of the molecule is CSCn1nc(C(CCC#N)c2ccc(Cl)cc2F)c2ccccc21. The number of hydrogen-bond donors (Lipinski definition) is 0. The molecule has 1 atom stereocenters. The first-order valence-corrected chi connectivity index (χ1v) is 9.69. The van der Waals surface area contributed by atoms with Crippen molar-refractivity contribution in [3.63, 3.8) is 0 Å². The molecule has 3 nitrogen and oxygen atoms in total. The molecule has 6 heteroatoms. The lowest BCUT2D eigenvalue weighted by molar-refractivity contribution is 0.580. The highest BCUT2D eigenvalue weighted by atomic mass is 35.5. The van der Waals surface area contributed by atoms with Gasteiger partial charge in [0.15, 0.2) is 0 Å². The monoisotopic (exact) mass is 373 g/mol. The first-order chi connectivity index (χ1) is 12.2. The summed E-state index contributed by atoms with van der Waals surface area (Å²) in [7, 11) is 0. The van der Waals surface area contributed by atoms with Crippen molar-refractivity contribution >= 4 is 34.3 Å². The van der Waals surface area contributed by atoms with Crippen molar-refractivity contribution in [3.05, 3.63) is 64.6 Å². The Morgan fingerprint density at radius 3 is 2.84 bits per heavy atom. The van der Waals surface area contributed by atoms with Gasteiger partial charge in [-0.05, 0) is 36.4 Å². The van der Waals surface area contributed by atoms with Gasteiger partial charge in [-0.25, -0.2) is 4.39 Å². The summed E-state index contributed by atoms with van der Waals surface area (Å²) in [5.41, 5.74) is 2.35. The summed E-state index contributed by atoms with van der Waals surface area (Å²) in [5.74, 6) is 0.0676.